The minimum Gasteiger partial charge on any atom is -0.507 e. The van der Waals surface area contributed by atoms with Crippen molar-refractivity contribution in [3.05, 3.63) is 30.0 Å². The monoisotopic (exact) mass is 219 g/mol. The first-order valence-corrected chi connectivity index (χ1v) is 5.37. The number of benzene rings is 1. The predicted molar refractivity (Wildman–Crippen MR) is 64.6 cm³/mol. The zero-order chi connectivity index (χ0) is 11.9. The van der Waals surface area contributed by atoms with Crippen molar-refractivity contribution < 1.29 is 10.2 Å². The van der Waals surface area contributed by atoms with Crippen LogP contribution in [0.1, 0.15) is 19.5 Å². The third-order valence-electron chi connectivity index (χ3n) is 2.78. The van der Waals surface area contributed by atoms with Crippen LogP contribution in [0.5, 0.6) is 5.75 Å². The number of phenolic OH excluding ortho intramolecular Hbond substituents is 1. The molecule has 1 aromatic carbocycles. The SMILES string of the molecule is Cn1c(CC(C)(C)O)cc2c(O)cccc21. The fourth-order valence-electron chi connectivity index (χ4n) is 2.01. The second-order valence-corrected chi connectivity index (χ2v) is 4.89. The van der Waals surface area contributed by atoms with Gasteiger partial charge in [0.2, 0.25) is 0 Å². The Morgan fingerprint density at radius 1 is 1.31 bits per heavy atom. The number of rotatable bonds is 2. The number of phenols is 1. The molecule has 1 aromatic heterocycles. The molecule has 2 N–H and O–H groups in total. The summed E-state index contributed by atoms with van der Waals surface area (Å²) in [4.78, 5) is 0. The zero-order valence-corrected chi connectivity index (χ0v) is 9.86. The number of aromatic hydroxyl groups is 1. The van der Waals surface area contributed by atoms with Gasteiger partial charge in [-0.15, -0.1) is 0 Å². The molecular formula is C13H17NO2. The van der Waals surface area contributed by atoms with E-state index in [1.54, 1.807) is 19.9 Å². The van der Waals surface area contributed by atoms with Crippen molar-refractivity contribution in [3.63, 3.8) is 0 Å². The Kier molecular flexibility index (Phi) is 2.43. The van der Waals surface area contributed by atoms with E-state index in [0.29, 0.717) is 6.42 Å². The second-order valence-electron chi connectivity index (χ2n) is 4.89. The van der Waals surface area contributed by atoms with Crippen LogP contribution in [-0.2, 0) is 13.5 Å². The highest BCUT2D eigenvalue weighted by Gasteiger charge is 2.17. The lowest BCUT2D eigenvalue weighted by Crippen LogP contribution is -2.23. The number of hydrogen-bond acceptors (Lipinski definition) is 2. The van der Waals surface area contributed by atoms with Crippen LogP contribution < -0.4 is 0 Å². The molecule has 2 rings (SSSR count). The van der Waals surface area contributed by atoms with Crippen molar-refractivity contribution in [2.75, 3.05) is 0 Å². The van der Waals surface area contributed by atoms with E-state index in [1.807, 2.05) is 29.8 Å². The van der Waals surface area contributed by atoms with Gasteiger partial charge in [0, 0.05) is 24.5 Å². The predicted octanol–water partition coefficient (Wildman–Crippen LogP) is 2.20. The molecule has 0 radical (unpaired) electrons. The summed E-state index contributed by atoms with van der Waals surface area (Å²) in [6.07, 6.45) is 0.567. The minimum atomic E-state index is -0.738. The van der Waals surface area contributed by atoms with E-state index < -0.39 is 5.60 Å². The Morgan fingerprint density at radius 2 is 2.00 bits per heavy atom. The maximum absolute atomic E-state index is 9.81. The van der Waals surface area contributed by atoms with Crippen LogP contribution in [0.3, 0.4) is 0 Å². The average Bonchev–Trinajstić information content (AvgIpc) is 2.44. The van der Waals surface area contributed by atoms with Crippen molar-refractivity contribution in [2.45, 2.75) is 25.9 Å². The molecule has 0 spiro atoms. The lowest BCUT2D eigenvalue weighted by atomic mass is 10.0. The summed E-state index contributed by atoms with van der Waals surface area (Å²) in [6.45, 7) is 3.56. The Hall–Kier alpha value is -1.48. The van der Waals surface area contributed by atoms with Crippen molar-refractivity contribution >= 4 is 10.9 Å². The van der Waals surface area contributed by atoms with Gasteiger partial charge in [0.25, 0.3) is 0 Å². The van der Waals surface area contributed by atoms with E-state index in [-0.39, 0.29) is 5.75 Å². The number of aryl methyl sites for hydroxylation is 1. The second kappa shape index (κ2) is 3.52. The largest absolute Gasteiger partial charge is 0.507 e. The summed E-state index contributed by atoms with van der Waals surface area (Å²) in [6, 6.07) is 7.40. The Labute approximate surface area is 94.9 Å². The lowest BCUT2D eigenvalue weighted by molar-refractivity contribution is 0.0793. The Morgan fingerprint density at radius 3 is 2.56 bits per heavy atom. The van der Waals surface area contributed by atoms with Crippen molar-refractivity contribution in [1.82, 2.24) is 4.57 Å². The zero-order valence-electron chi connectivity index (χ0n) is 9.86. The molecule has 16 heavy (non-hydrogen) atoms. The van der Waals surface area contributed by atoms with E-state index in [2.05, 4.69) is 0 Å². The van der Waals surface area contributed by atoms with Gasteiger partial charge in [-0.1, -0.05) is 6.07 Å². The Balaban J connectivity index is 2.56. The smallest absolute Gasteiger partial charge is 0.124 e. The Bertz CT molecular complexity index is 520. The molecule has 0 bridgehead atoms. The molecule has 0 saturated carbocycles. The summed E-state index contributed by atoms with van der Waals surface area (Å²) in [7, 11) is 1.95. The summed E-state index contributed by atoms with van der Waals surface area (Å²) in [5.74, 6) is 0.287. The minimum absolute atomic E-state index is 0.287. The molecule has 0 saturated heterocycles. The number of aliphatic hydroxyl groups is 1. The van der Waals surface area contributed by atoms with E-state index >= 15 is 0 Å². The fraction of sp³-hybridized carbons (Fsp3) is 0.385. The first kappa shape index (κ1) is 11.0. The molecule has 0 aliphatic carbocycles. The highest BCUT2D eigenvalue weighted by Crippen LogP contribution is 2.28. The van der Waals surface area contributed by atoms with Crippen molar-refractivity contribution in [2.24, 2.45) is 7.05 Å². The van der Waals surface area contributed by atoms with E-state index in [4.69, 9.17) is 0 Å². The van der Waals surface area contributed by atoms with Gasteiger partial charge in [-0.3, -0.25) is 0 Å². The van der Waals surface area contributed by atoms with E-state index in [0.717, 1.165) is 16.6 Å². The molecule has 0 aliphatic rings. The molecule has 86 valence electrons. The van der Waals surface area contributed by atoms with Crippen LogP contribution in [-0.4, -0.2) is 20.4 Å². The van der Waals surface area contributed by atoms with Crippen molar-refractivity contribution in [3.8, 4) is 5.75 Å². The van der Waals surface area contributed by atoms with Crippen molar-refractivity contribution in [1.29, 1.82) is 0 Å². The first-order chi connectivity index (χ1) is 7.38. The quantitative estimate of drug-likeness (QED) is 0.813. The fourth-order valence-corrected chi connectivity index (χ4v) is 2.01. The summed E-state index contributed by atoms with van der Waals surface area (Å²) in [5, 5.41) is 20.4. The molecule has 0 amide bonds. The highest BCUT2D eigenvalue weighted by molar-refractivity contribution is 5.87. The molecule has 1 heterocycles. The number of nitrogens with zero attached hydrogens (tertiary/aromatic N) is 1. The molecule has 0 aliphatic heterocycles. The van der Waals surface area contributed by atoms with Gasteiger partial charge >= 0.3 is 0 Å². The molecule has 2 aromatic rings. The first-order valence-electron chi connectivity index (χ1n) is 5.37. The lowest BCUT2D eigenvalue weighted by Gasteiger charge is -2.17. The number of aromatic nitrogens is 1. The third kappa shape index (κ3) is 1.91. The number of hydrogen-bond donors (Lipinski definition) is 2. The summed E-state index contributed by atoms with van der Waals surface area (Å²) >= 11 is 0. The molecule has 0 atom stereocenters. The van der Waals surface area contributed by atoms with Crippen LogP contribution in [0.2, 0.25) is 0 Å². The van der Waals surface area contributed by atoms with Crippen LogP contribution >= 0.6 is 0 Å². The van der Waals surface area contributed by atoms with Crippen LogP contribution in [0.25, 0.3) is 10.9 Å². The van der Waals surface area contributed by atoms with Gasteiger partial charge < -0.3 is 14.8 Å². The highest BCUT2D eigenvalue weighted by atomic mass is 16.3. The summed E-state index contributed by atoms with van der Waals surface area (Å²) < 4.78 is 2.01. The maximum atomic E-state index is 9.81. The third-order valence-corrected chi connectivity index (χ3v) is 2.78. The molecule has 3 heteroatoms. The molecule has 3 nitrogen and oxygen atoms in total. The van der Waals surface area contributed by atoms with E-state index in [1.165, 1.54) is 0 Å². The number of fused-ring (bicyclic) bond motifs is 1. The molecule has 0 unspecified atom stereocenters. The average molecular weight is 219 g/mol. The molecule has 0 fully saturated rings. The normalized spacial score (nSPS) is 12.2. The maximum Gasteiger partial charge on any atom is 0.124 e. The van der Waals surface area contributed by atoms with Gasteiger partial charge in [-0.2, -0.15) is 0 Å². The standard InChI is InChI=1S/C13H17NO2/c1-13(2,16)8-9-7-10-11(14(9)3)5-4-6-12(10)15/h4-7,15-16H,8H2,1-3H3. The van der Waals surface area contributed by atoms with Gasteiger partial charge in [-0.25, -0.2) is 0 Å². The van der Waals surface area contributed by atoms with Gasteiger partial charge in [0.15, 0.2) is 0 Å². The topological polar surface area (TPSA) is 45.4 Å². The summed E-state index contributed by atoms with van der Waals surface area (Å²) in [5.41, 5.74) is 1.26. The van der Waals surface area contributed by atoms with E-state index in [9.17, 15) is 10.2 Å². The van der Waals surface area contributed by atoms with Gasteiger partial charge in [-0.05, 0) is 32.0 Å². The van der Waals surface area contributed by atoms with Gasteiger partial charge in [0.1, 0.15) is 5.75 Å². The van der Waals surface area contributed by atoms with Crippen LogP contribution in [0, 0.1) is 0 Å². The van der Waals surface area contributed by atoms with Gasteiger partial charge in [0.05, 0.1) is 11.1 Å². The molecular weight excluding hydrogens is 202 g/mol. The van der Waals surface area contributed by atoms with Crippen LogP contribution in [0.4, 0.5) is 0 Å². The van der Waals surface area contributed by atoms with Crippen LogP contribution in [0.15, 0.2) is 24.3 Å².